The third kappa shape index (κ3) is 1.42. The Hall–Kier alpha value is -1.04. The van der Waals surface area contributed by atoms with Crippen molar-refractivity contribution in [2.45, 2.75) is 19.6 Å². The minimum Gasteiger partial charge on any atom is -0.351 e. The van der Waals surface area contributed by atoms with E-state index in [2.05, 4.69) is 9.68 Å². The van der Waals surface area contributed by atoms with Gasteiger partial charge in [0.25, 0.3) is 0 Å². The van der Waals surface area contributed by atoms with Crippen molar-refractivity contribution in [1.29, 1.82) is 0 Å². The van der Waals surface area contributed by atoms with E-state index in [0.29, 0.717) is 0 Å². The number of alkyl halides is 3. The van der Waals surface area contributed by atoms with Crippen molar-refractivity contribution in [2.75, 3.05) is 0 Å². The second-order valence-corrected chi connectivity index (χ2v) is 2.28. The van der Waals surface area contributed by atoms with Crippen molar-refractivity contribution in [3.8, 4) is 0 Å². The van der Waals surface area contributed by atoms with Gasteiger partial charge in [-0.3, -0.25) is 0 Å². The Morgan fingerprint density at radius 1 is 1.50 bits per heavy atom. The molecule has 2 N–H and O–H groups in total. The van der Waals surface area contributed by atoms with E-state index in [1.807, 2.05) is 0 Å². The van der Waals surface area contributed by atoms with Crippen molar-refractivity contribution in [3.05, 3.63) is 17.0 Å². The van der Waals surface area contributed by atoms with E-state index in [0.717, 1.165) is 0 Å². The van der Waals surface area contributed by atoms with Crippen molar-refractivity contribution >= 4 is 0 Å². The van der Waals surface area contributed by atoms with Crippen LogP contribution >= 0.6 is 0 Å². The van der Waals surface area contributed by atoms with Gasteiger partial charge >= 0.3 is 6.18 Å². The lowest BCUT2D eigenvalue weighted by Crippen LogP contribution is -2.09. The normalized spacial score (nSPS) is 12.1. The molecule has 0 saturated heterocycles. The lowest BCUT2D eigenvalue weighted by Gasteiger charge is -2.02. The average molecular weight is 180 g/mol. The van der Waals surface area contributed by atoms with Crippen LogP contribution in [0, 0.1) is 6.92 Å². The number of halogens is 3. The SMILES string of the molecule is Cc1noc(C(F)(F)F)c1CN. The summed E-state index contributed by atoms with van der Waals surface area (Å²) in [5.41, 5.74) is 5.20. The highest BCUT2D eigenvalue weighted by Crippen LogP contribution is 2.32. The highest BCUT2D eigenvalue weighted by molar-refractivity contribution is 5.23. The summed E-state index contributed by atoms with van der Waals surface area (Å²) in [7, 11) is 0. The molecule has 0 aliphatic rings. The van der Waals surface area contributed by atoms with Gasteiger partial charge in [0.05, 0.1) is 5.69 Å². The van der Waals surface area contributed by atoms with E-state index in [9.17, 15) is 13.2 Å². The van der Waals surface area contributed by atoms with E-state index in [1.165, 1.54) is 6.92 Å². The third-order valence-electron chi connectivity index (χ3n) is 1.45. The Morgan fingerprint density at radius 3 is 2.42 bits per heavy atom. The number of rotatable bonds is 1. The summed E-state index contributed by atoms with van der Waals surface area (Å²) in [6, 6.07) is 0. The molecule has 0 radical (unpaired) electrons. The molecule has 0 aliphatic heterocycles. The molecule has 0 spiro atoms. The molecule has 12 heavy (non-hydrogen) atoms. The molecule has 0 fully saturated rings. The first-order chi connectivity index (χ1) is 5.46. The summed E-state index contributed by atoms with van der Waals surface area (Å²) in [6.07, 6.45) is -4.50. The second kappa shape index (κ2) is 2.78. The lowest BCUT2D eigenvalue weighted by atomic mass is 10.2. The van der Waals surface area contributed by atoms with E-state index in [1.54, 1.807) is 0 Å². The molecule has 1 heterocycles. The van der Waals surface area contributed by atoms with Gasteiger partial charge in [0.1, 0.15) is 0 Å². The molecular formula is C6H7F3N2O. The molecule has 1 aromatic rings. The minimum atomic E-state index is -4.50. The van der Waals surface area contributed by atoms with Crippen molar-refractivity contribution in [2.24, 2.45) is 5.73 Å². The molecule has 0 atom stereocenters. The fourth-order valence-electron chi connectivity index (χ4n) is 0.852. The summed E-state index contributed by atoms with van der Waals surface area (Å²) in [5, 5.41) is 3.18. The molecule has 0 aliphatic carbocycles. The van der Waals surface area contributed by atoms with Crippen LogP contribution in [0.2, 0.25) is 0 Å². The van der Waals surface area contributed by atoms with Crippen LogP contribution in [0.1, 0.15) is 17.0 Å². The zero-order valence-corrected chi connectivity index (χ0v) is 6.27. The van der Waals surface area contributed by atoms with Crippen LogP contribution in [-0.2, 0) is 12.7 Å². The van der Waals surface area contributed by atoms with E-state index in [-0.39, 0.29) is 17.8 Å². The standard InChI is InChI=1S/C6H7F3N2O/c1-3-4(2-10)5(12-11-3)6(7,8)9/h2,10H2,1H3. The molecule has 1 aromatic heterocycles. The first-order valence-electron chi connectivity index (χ1n) is 3.19. The molecule has 0 unspecified atom stereocenters. The molecule has 1 rings (SSSR count). The predicted octanol–water partition coefficient (Wildman–Crippen LogP) is 1.46. The second-order valence-electron chi connectivity index (χ2n) is 2.28. The van der Waals surface area contributed by atoms with Gasteiger partial charge in [0, 0.05) is 12.1 Å². The molecule has 6 heteroatoms. The fraction of sp³-hybridized carbons (Fsp3) is 0.500. The zero-order valence-electron chi connectivity index (χ0n) is 6.27. The van der Waals surface area contributed by atoms with Gasteiger partial charge < -0.3 is 10.3 Å². The van der Waals surface area contributed by atoms with Crippen molar-refractivity contribution < 1.29 is 17.7 Å². The summed E-state index contributed by atoms with van der Waals surface area (Å²) >= 11 is 0. The summed E-state index contributed by atoms with van der Waals surface area (Å²) < 4.78 is 40.3. The van der Waals surface area contributed by atoms with Crippen LogP contribution in [0.4, 0.5) is 13.2 Å². The Kier molecular flexibility index (Phi) is 2.10. The van der Waals surface area contributed by atoms with Crippen LogP contribution in [0.5, 0.6) is 0 Å². The Morgan fingerprint density at radius 2 is 2.08 bits per heavy atom. The monoisotopic (exact) mass is 180 g/mol. The van der Waals surface area contributed by atoms with Gasteiger partial charge in [-0.1, -0.05) is 5.16 Å². The van der Waals surface area contributed by atoms with Crippen LogP contribution in [0.3, 0.4) is 0 Å². The van der Waals surface area contributed by atoms with Gasteiger partial charge in [0.2, 0.25) is 5.76 Å². The highest BCUT2D eigenvalue weighted by Gasteiger charge is 2.39. The Labute approximate surface area is 66.3 Å². The van der Waals surface area contributed by atoms with Gasteiger partial charge in [0.15, 0.2) is 0 Å². The fourth-order valence-corrected chi connectivity index (χ4v) is 0.852. The summed E-state index contributed by atoms with van der Waals surface area (Å²) in [6.45, 7) is 1.20. The topological polar surface area (TPSA) is 52.0 Å². The number of nitrogens with two attached hydrogens (primary N) is 1. The maximum Gasteiger partial charge on any atom is 0.452 e. The van der Waals surface area contributed by atoms with Crippen LogP contribution < -0.4 is 5.73 Å². The summed E-state index contributed by atoms with van der Waals surface area (Å²) in [5.74, 6) is -1.09. The predicted molar refractivity (Wildman–Crippen MR) is 34.1 cm³/mol. The number of hydrogen-bond acceptors (Lipinski definition) is 3. The molecule has 0 amide bonds. The quantitative estimate of drug-likeness (QED) is 0.711. The maximum atomic E-state index is 12.1. The average Bonchev–Trinajstić information content (AvgIpc) is 2.29. The number of aromatic nitrogens is 1. The maximum absolute atomic E-state index is 12.1. The number of aryl methyl sites for hydroxylation is 1. The molecule has 68 valence electrons. The van der Waals surface area contributed by atoms with Crippen molar-refractivity contribution in [3.63, 3.8) is 0 Å². The molecular weight excluding hydrogens is 173 g/mol. The smallest absolute Gasteiger partial charge is 0.351 e. The van der Waals surface area contributed by atoms with E-state index in [4.69, 9.17) is 5.73 Å². The number of hydrogen-bond donors (Lipinski definition) is 1. The van der Waals surface area contributed by atoms with E-state index < -0.39 is 11.9 Å². The van der Waals surface area contributed by atoms with Gasteiger partial charge in [-0.2, -0.15) is 13.2 Å². The van der Waals surface area contributed by atoms with Gasteiger partial charge in [-0.25, -0.2) is 0 Å². The highest BCUT2D eigenvalue weighted by atomic mass is 19.4. The van der Waals surface area contributed by atoms with Crippen LogP contribution in [0.15, 0.2) is 4.52 Å². The molecule has 0 aromatic carbocycles. The first kappa shape index (κ1) is 9.05. The molecule has 0 bridgehead atoms. The largest absolute Gasteiger partial charge is 0.452 e. The van der Waals surface area contributed by atoms with Crippen LogP contribution in [0.25, 0.3) is 0 Å². The Bertz CT molecular complexity index is 279. The van der Waals surface area contributed by atoms with Gasteiger partial charge in [-0.15, -0.1) is 0 Å². The molecule has 0 saturated carbocycles. The molecule has 3 nitrogen and oxygen atoms in total. The van der Waals surface area contributed by atoms with E-state index >= 15 is 0 Å². The third-order valence-corrected chi connectivity index (χ3v) is 1.45. The number of nitrogens with zero attached hydrogens (tertiary/aromatic N) is 1. The van der Waals surface area contributed by atoms with Crippen LogP contribution in [-0.4, -0.2) is 5.16 Å². The minimum absolute atomic E-state index is 0.0810. The van der Waals surface area contributed by atoms with Gasteiger partial charge in [-0.05, 0) is 6.92 Å². The first-order valence-corrected chi connectivity index (χ1v) is 3.19. The zero-order chi connectivity index (χ0) is 9.35. The summed E-state index contributed by atoms with van der Waals surface area (Å²) in [4.78, 5) is 0. The van der Waals surface area contributed by atoms with Crippen molar-refractivity contribution in [1.82, 2.24) is 5.16 Å². The Balaban J connectivity index is 3.16. The lowest BCUT2D eigenvalue weighted by molar-refractivity contribution is -0.156.